The zero-order valence-electron chi connectivity index (χ0n) is 8.23. The summed E-state index contributed by atoms with van der Waals surface area (Å²) >= 11 is 1.67. The molecule has 0 spiro atoms. The lowest BCUT2D eigenvalue weighted by molar-refractivity contribution is -0.138. The monoisotopic (exact) mass is 346 g/mol. The van der Waals surface area contributed by atoms with Gasteiger partial charge in [-0.2, -0.15) is 13.2 Å². The van der Waals surface area contributed by atoms with Gasteiger partial charge in [0.1, 0.15) is 5.75 Å². The molecule has 1 aromatic carbocycles. The Kier molecular flexibility index (Phi) is 4.04. The van der Waals surface area contributed by atoms with Gasteiger partial charge in [0, 0.05) is 3.57 Å². The van der Waals surface area contributed by atoms with Gasteiger partial charge in [-0.3, -0.25) is 0 Å². The molecule has 0 atom stereocenters. The van der Waals surface area contributed by atoms with E-state index in [2.05, 4.69) is 0 Å². The third-order valence-corrected chi connectivity index (χ3v) is 3.30. The molecular weight excluding hydrogens is 336 g/mol. The smallest absolute Gasteiger partial charge is 0.417 e. The Bertz CT molecular complexity index is 352. The van der Waals surface area contributed by atoms with Crippen molar-refractivity contribution in [3.63, 3.8) is 0 Å². The molecular formula is C9H10F3IOSi. The molecule has 0 heterocycles. The maximum atomic E-state index is 12.5. The second kappa shape index (κ2) is 4.73. The van der Waals surface area contributed by atoms with E-state index in [1.165, 1.54) is 6.07 Å². The number of rotatable bonds is 2. The zero-order chi connectivity index (χ0) is 11.6. The summed E-state index contributed by atoms with van der Waals surface area (Å²) in [7, 11) is -1.36. The van der Waals surface area contributed by atoms with Crippen LogP contribution >= 0.6 is 22.6 Å². The van der Waals surface area contributed by atoms with E-state index in [9.17, 15) is 13.2 Å². The van der Waals surface area contributed by atoms with E-state index in [0.29, 0.717) is 5.75 Å². The molecule has 0 aliphatic carbocycles. The molecule has 0 amide bonds. The lowest BCUT2D eigenvalue weighted by atomic mass is 10.2. The molecule has 6 heteroatoms. The van der Waals surface area contributed by atoms with Crippen molar-refractivity contribution in [3.8, 4) is 5.75 Å². The van der Waals surface area contributed by atoms with Gasteiger partial charge >= 0.3 is 6.18 Å². The van der Waals surface area contributed by atoms with Gasteiger partial charge in [0.2, 0.25) is 9.04 Å². The highest BCUT2D eigenvalue weighted by molar-refractivity contribution is 14.1. The summed E-state index contributed by atoms with van der Waals surface area (Å²) in [6, 6.07) is 4.06. The highest BCUT2D eigenvalue weighted by Gasteiger charge is 2.33. The summed E-state index contributed by atoms with van der Waals surface area (Å²) in [4.78, 5) is 0. The Morgan fingerprint density at radius 3 is 2.33 bits per heavy atom. The Balaban J connectivity index is 3.06. The highest BCUT2D eigenvalue weighted by Crippen LogP contribution is 2.35. The van der Waals surface area contributed by atoms with Crippen LogP contribution in [0.15, 0.2) is 18.2 Å². The summed E-state index contributed by atoms with van der Waals surface area (Å²) in [5.74, 6) is 0.310. The van der Waals surface area contributed by atoms with E-state index in [1.54, 1.807) is 28.7 Å². The van der Waals surface area contributed by atoms with Gasteiger partial charge in [0.05, 0.1) is 5.56 Å². The van der Waals surface area contributed by atoms with Gasteiger partial charge in [-0.15, -0.1) is 0 Å². The van der Waals surface area contributed by atoms with Gasteiger partial charge in [0.25, 0.3) is 0 Å². The van der Waals surface area contributed by atoms with Crippen LogP contribution in [0, 0.1) is 3.57 Å². The maximum absolute atomic E-state index is 12.5. The maximum Gasteiger partial charge on any atom is 0.417 e. The van der Waals surface area contributed by atoms with Crippen LogP contribution in [0.3, 0.4) is 0 Å². The van der Waals surface area contributed by atoms with E-state index >= 15 is 0 Å². The van der Waals surface area contributed by atoms with Crippen molar-refractivity contribution in [1.29, 1.82) is 0 Å². The summed E-state index contributed by atoms with van der Waals surface area (Å²) in [6.07, 6.45) is -4.31. The Morgan fingerprint density at radius 2 is 1.87 bits per heavy atom. The van der Waals surface area contributed by atoms with Crippen LogP contribution in [0.5, 0.6) is 5.75 Å². The molecule has 0 aliphatic heterocycles. The molecule has 0 aromatic heterocycles. The van der Waals surface area contributed by atoms with Crippen LogP contribution < -0.4 is 4.43 Å². The molecule has 1 aromatic rings. The minimum absolute atomic E-state index is 0.192. The van der Waals surface area contributed by atoms with Crippen molar-refractivity contribution in [3.05, 3.63) is 27.3 Å². The van der Waals surface area contributed by atoms with Gasteiger partial charge in [0.15, 0.2) is 0 Å². The van der Waals surface area contributed by atoms with Crippen LogP contribution in [0.2, 0.25) is 13.1 Å². The van der Waals surface area contributed by atoms with Crippen LogP contribution in [-0.2, 0) is 6.18 Å². The third-order valence-electron chi connectivity index (χ3n) is 1.62. The van der Waals surface area contributed by atoms with Crippen molar-refractivity contribution in [2.45, 2.75) is 19.3 Å². The molecule has 0 unspecified atom stereocenters. The number of alkyl halides is 3. The quantitative estimate of drug-likeness (QED) is 0.587. The lowest BCUT2D eigenvalue weighted by Gasteiger charge is -2.13. The van der Waals surface area contributed by atoms with Gasteiger partial charge in [-0.25, -0.2) is 0 Å². The Labute approximate surface area is 101 Å². The van der Waals surface area contributed by atoms with E-state index < -0.39 is 20.8 Å². The fourth-order valence-electron chi connectivity index (χ4n) is 1.07. The number of hydrogen-bond donors (Lipinski definition) is 0. The summed E-state index contributed by atoms with van der Waals surface area (Å²) in [5.41, 5.74) is -0.629. The fraction of sp³-hybridized carbons (Fsp3) is 0.333. The first-order chi connectivity index (χ1) is 6.80. The topological polar surface area (TPSA) is 9.23 Å². The average molecular weight is 346 g/mol. The first-order valence-corrected chi connectivity index (χ1v) is 8.20. The predicted molar refractivity (Wildman–Crippen MR) is 63.7 cm³/mol. The SMILES string of the molecule is C[SiH](C)Oc1ccc(I)c(C(F)(F)F)c1. The van der Waals surface area contributed by atoms with Crippen molar-refractivity contribution in [2.75, 3.05) is 0 Å². The summed E-state index contributed by atoms with van der Waals surface area (Å²) in [5, 5.41) is 0. The molecule has 84 valence electrons. The molecule has 0 radical (unpaired) electrons. The Hall–Kier alpha value is -0.243. The van der Waals surface area contributed by atoms with Crippen LogP contribution in [-0.4, -0.2) is 9.04 Å². The summed E-state index contributed by atoms with van der Waals surface area (Å²) < 4.78 is 43.1. The second-order valence-electron chi connectivity index (χ2n) is 3.31. The van der Waals surface area contributed by atoms with Crippen LogP contribution in [0.4, 0.5) is 13.2 Å². The molecule has 0 saturated carbocycles. The van der Waals surface area contributed by atoms with Crippen LogP contribution in [0.1, 0.15) is 5.56 Å². The van der Waals surface area contributed by atoms with E-state index in [-0.39, 0.29) is 3.57 Å². The molecule has 1 rings (SSSR count). The van der Waals surface area contributed by atoms with Crippen LogP contribution in [0.25, 0.3) is 0 Å². The predicted octanol–water partition coefficient (Wildman–Crippen LogP) is 3.67. The lowest BCUT2D eigenvalue weighted by Crippen LogP contribution is -2.13. The van der Waals surface area contributed by atoms with Gasteiger partial charge < -0.3 is 4.43 Å². The average Bonchev–Trinajstić information content (AvgIpc) is 2.05. The van der Waals surface area contributed by atoms with Crippen molar-refractivity contribution in [2.24, 2.45) is 0 Å². The molecule has 0 bridgehead atoms. The molecule has 15 heavy (non-hydrogen) atoms. The first-order valence-electron chi connectivity index (χ1n) is 4.34. The van der Waals surface area contributed by atoms with Crippen molar-refractivity contribution >= 4 is 31.6 Å². The fourth-order valence-corrected chi connectivity index (χ4v) is 2.40. The third kappa shape index (κ3) is 3.67. The standard InChI is InChI=1S/C9H10F3IOSi/c1-15(2)14-6-3-4-8(13)7(5-6)9(10,11)12/h3-5,15H,1-2H3. The molecule has 0 fully saturated rings. The number of halogens is 4. The molecule has 1 nitrogen and oxygen atoms in total. The van der Waals surface area contributed by atoms with Crippen molar-refractivity contribution in [1.82, 2.24) is 0 Å². The van der Waals surface area contributed by atoms with Gasteiger partial charge in [-0.05, 0) is 53.9 Å². The molecule has 0 saturated heterocycles. The normalized spacial score (nSPS) is 11.9. The van der Waals surface area contributed by atoms with E-state index in [0.717, 1.165) is 6.07 Å². The van der Waals surface area contributed by atoms with Crippen molar-refractivity contribution < 1.29 is 17.6 Å². The molecule has 0 N–H and O–H groups in total. The zero-order valence-corrected chi connectivity index (χ0v) is 11.5. The minimum Gasteiger partial charge on any atom is -0.547 e. The van der Waals surface area contributed by atoms with E-state index in [4.69, 9.17) is 4.43 Å². The largest absolute Gasteiger partial charge is 0.547 e. The second-order valence-corrected chi connectivity index (χ2v) is 6.80. The first kappa shape index (κ1) is 12.8. The van der Waals surface area contributed by atoms with Gasteiger partial charge in [-0.1, -0.05) is 0 Å². The van der Waals surface area contributed by atoms with E-state index in [1.807, 2.05) is 13.1 Å². The Morgan fingerprint density at radius 1 is 1.27 bits per heavy atom. The highest BCUT2D eigenvalue weighted by atomic mass is 127. The minimum atomic E-state index is -4.31. The molecule has 0 aliphatic rings. The number of hydrogen-bond acceptors (Lipinski definition) is 1. The number of benzene rings is 1. The summed E-state index contributed by atoms with van der Waals surface area (Å²) in [6.45, 7) is 3.82.